The summed E-state index contributed by atoms with van der Waals surface area (Å²) in [4.78, 5) is 18.9. The number of hydrogen-bond donors (Lipinski definition) is 3. The Hall–Kier alpha value is -3.16. The molecule has 0 bridgehead atoms. The molecule has 3 aromatic rings. The van der Waals surface area contributed by atoms with E-state index in [0.717, 1.165) is 35.4 Å². The number of H-pyrrole nitrogens is 2. The number of hydrazone groups is 1. The minimum atomic E-state index is -0.267. The summed E-state index contributed by atoms with van der Waals surface area (Å²) in [7, 11) is 0. The summed E-state index contributed by atoms with van der Waals surface area (Å²) < 4.78 is 5.76. The predicted molar refractivity (Wildman–Crippen MR) is 90.6 cm³/mol. The van der Waals surface area contributed by atoms with Gasteiger partial charge in [0.1, 0.15) is 11.1 Å². The molecule has 122 valence electrons. The second-order valence-electron chi connectivity index (χ2n) is 5.67. The van der Waals surface area contributed by atoms with Crippen LogP contribution in [0.4, 0.5) is 5.95 Å². The minimum absolute atomic E-state index is 0.267. The van der Waals surface area contributed by atoms with Gasteiger partial charge in [-0.05, 0) is 31.9 Å². The summed E-state index contributed by atoms with van der Waals surface area (Å²) >= 11 is 0. The highest BCUT2D eigenvalue weighted by molar-refractivity contribution is 6.03. The lowest BCUT2D eigenvalue weighted by Crippen LogP contribution is -2.12. The molecule has 0 saturated heterocycles. The SMILES string of the molecule is Cc1ccc2c(c1)/C(=N/Nc1nc3[nH]ncc3c(=O)[nH]1)CCCO2. The molecule has 3 N–H and O–H groups in total. The normalized spacial score (nSPS) is 15.8. The van der Waals surface area contributed by atoms with E-state index < -0.39 is 0 Å². The number of anilines is 1. The number of benzene rings is 1. The van der Waals surface area contributed by atoms with Crippen LogP contribution in [0, 0.1) is 6.92 Å². The molecule has 0 spiro atoms. The third-order valence-electron chi connectivity index (χ3n) is 3.88. The van der Waals surface area contributed by atoms with Crippen LogP contribution < -0.4 is 15.7 Å². The molecule has 4 rings (SSSR count). The minimum Gasteiger partial charge on any atom is -0.493 e. The first kappa shape index (κ1) is 14.4. The van der Waals surface area contributed by atoms with Crippen molar-refractivity contribution in [3.63, 3.8) is 0 Å². The monoisotopic (exact) mass is 324 g/mol. The zero-order valence-corrected chi connectivity index (χ0v) is 13.1. The summed E-state index contributed by atoms with van der Waals surface area (Å²) in [6, 6.07) is 6.03. The Kier molecular flexibility index (Phi) is 3.49. The van der Waals surface area contributed by atoms with Crippen molar-refractivity contribution in [2.75, 3.05) is 12.0 Å². The third kappa shape index (κ3) is 2.62. The number of fused-ring (bicyclic) bond motifs is 2. The van der Waals surface area contributed by atoms with Gasteiger partial charge < -0.3 is 4.74 Å². The molecule has 0 atom stereocenters. The summed E-state index contributed by atoms with van der Waals surface area (Å²) in [6.07, 6.45) is 3.09. The number of nitrogens with zero attached hydrogens (tertiary/aromatic N) is 3. The fourth-order valence-electron chi connectivity index (χ4n) is 2.69. The van der Waals surface area contributed by atoms with Gasteiger partial charge in [-0.25, -0.2) is 5.43 Å². The molecule has 1 aromatic carbocycles. The molecule has 0 radical (unpaired) electrons. The van der Waals surface area contributed by atoms with Gasteiger partial charge in [-0.1, -0.05) is 11.6 Å². The zero-order valence-electron chi connectivity index (χ0n) is 13.1. The smallest absolute Gasteiger partial charge is 0.263 e. The number of nitrogens with one attached hydrogen (secondary N) is 3. The number of aromatic amines is 2. The lowest BCUT2D eigenvalue weighted by molar-refractivity contribution is 0.318. The summed E-state index contributed by atoms with van der Waals surface area (Å²) in [5, 5.41) is 11.4. The highest BCUT2D eigenvalue weighted by atomic mass is 16.5. The Labute approximate surface area is 137 Å². The van der Waals surface area contributed by atoms with Crippen molar-refractivity contribution in [1.82, 2.24) is 20.2 Å². The fourth-order valence-corrected chi connectivity index (χ4v) is 2.69. The maximum atomic E-state index is 11.9. The van der Waals surface area contributed by atoms with Gasteiger partial charge >= 0.3 is 0 Å². The zero-order chi connectivity index (χ0) is 16.5. The average Bonchev–Trinajstić information content (AvgIpc) is 2.95. The maximum absolute atomic E-state index is 11.9. The molecule has 8 heteroatoms. The van der Waals surface area contributed by atoms with Crippen LogP contribution in [-0.4, -0.2) is 32.5 Å². The van der Waals surface area contributed by atoms with Crippen LogP contribution in [0.2, 0.25) is 0 Å². The quantitative estimate of drug-likeness (QED) is 0.624. The molecule has 2 aromatic heterocycles. The van der Waals surface area contributed by atoms with E-state index in [1.54, 1.807) is 0 Å². The van der Waals surface area contributed by atoms with Crippen molar-refractivity contribution < 1.29 is 4.74 Å². The first-order valence-electron chi connectivity index (χ1n) is 7.70. The van der Waals surface area contributed by atoms with Gasteiger partial charge in [0.05, 0.1) is 18.5 Å². The van der Waals surface area contributed by atoms with Crippen molar-refractivity contribution in [1.29, 1.82) is 0 Å². The van der Waals surface area contributed by atoms with E-state index in [-0.39, 0.29) is 11.5 Å². The topological polar surface area (TPSA) is 108 Å². The van der Waals surface area contributed by atoms with Crippen molar-refractivity contribution in [3.05, 3.63) is 45.9 Å². The second kappa shape index (κ2) is 5.80. The Bertz CT molecular complexity index is 988. The lowest BCUT2D eigenvalue weighted by Gasteiger charge is -2.09. The fraction of sp³-hybridized carbons (Fsp3) is 0.250. The van der Waals surface area contributed by atoms with Crippen LogP contribution in [0.25, 0.3) is 11.0 Å². The molecular formula is C16H16N6O2. The van der Waals surface area contributed by atoms with E-state index in [4.69, 9.17) is 4.74 Å². The Balaban J connectivity index is 1.70. The van der Waals surface area contributed by atoms with Gasteiger partial charge in [0.15, 0.2) is 5.65 Å². The lowest BCUT2D eigenvalue weighted by atomic mass is 10.0. The number of rotatable bonds is 2. The molecule has 8 nitrogen and oxygen atoms in total. The van der Waals surface area contributed by atoms with Crippen molar-refractivity contribution in [3.8, 4) is 5.75 Å². The number of ether oxygens (including phenoxy) is 1. The summed E-state index contributed by atoms with van der Waals surface area (Å²) in [5.41, 5.74) is 5.97. The van der Waals surface area contributed by atoms with E-state index in [9.17, 15) is 4.79 Å². The van der Waals surface area contributed by atoms with E-state index in [2.05, 4.69) is 36.8 Å². The third-order valence-corrected chi connectivity index (χ3v) is 3.88. The van der Waals surface area contributed by atoms with E-state index in [1.807, 2.05) is 19.1 Å². The van der Waals surface area contributed by atoms with Crippen LogP contribution in [-0.2, 0) is 0 Å². The first-order chi connectivity index (χ1) is 11.7. The second-order valence-corrected chi connectivity index (χ2v) is 5.67. The Morgan fingerprint density at radius 2 is 2.29 bits per heavy atom. The highest BCUT2D eigenvalue weighted by Crippen LogP contribution is 2.25. The van der Waals surface area contributed by atoms with E-state index in [1.165, 1.54) is 6.20 Å². The maximum Gasteiger partial charge on any atom is 0.263 e. The largest absolute Gasteiger partial charge is 0.493 e. The van der Waals surface area contributed by atoms with Crippen LogP contribution in [0.15, 0.2) is 34.3 Å². The number of aromatic nitrogens is 4. The van der Waals surface area contributed by atoms with E-state index >= 15 is 0 Å². The standard InChI is InChI=1S/C16H16N6O2/c1-9-4-5-13-10(7-9)12(3-2-6-24-13)20-22-16-18-14-11(8-17-21-14)15(23)19-16/h4-5,7-8H,2-3,6H2,1H3,(H3,17,18,19,21,22,23)/b20-12+. The van der Waals surface area contributed by atoms with Gasteiger partial charge in [-0.2, -0.15) is 15.2 Å². The summed E-state index contributed by atoms with van der Waals surface area (Å²) in [5.74, 6) is 1.09. The summed E-state index contributed by atoms with van der Waals surface area (Å²) in [6.45, 7) is 2.69. The highest BCUT2D eigenvalue weighted by Gasteiger charge is 2.15. The van der Waals surface area contributed by atoms with Crippen molar-refractivity contribution in [2.45, 2.75) is 19.8 Å². The molecule has 0 aliphatic carbocycles. The van der Waals surface area contributed by atoms with Gasteiger partial charge in [0.25, 0.3) is 5.56 Å². The molecule has 3 heterocycles. The average molecular weight is 324 g/mol. The van der Waals surface area contributed by atoms with Crippen molar-refractivity contribution >= 4 is 22.7 Å². The van der Waals surface area contributed by atoms with Crippen LogP contribution in [0.5, 0.6) is 5.75 Å². The van der Waals surface area contributed by atoms with Crippen LogP contribution in [0.3, 0.4) is 0 Å². The van der Waals surface area contributed by atoms with Crippen LogP contribution in [0.1, 0.15) is 24.0 Å². The van der Waals surface area contributed by atoms with Gasteiger partial charge in [-0.15, -0.1) is 0 Å². The van der Waals surface area contributed by atoms with Gasteiger partial charge in [0.2, 0.25) is 5.95 Å². The van der Waals surface area contributed by atoms with Crippen LogP contribution >= 0.6 is 0 Å². The molecule has 1 aliphatic heterocycles. The molecule has 0 saturated carbocycles. The van der Waals surface area contributed by atoms with Gasteiger partial charge in [0, 0.05) is 5.56 Å². The van der Waals surface area contributed by atoms with E-state index in [0.29, 0.717) is 17.6 Å². The molecule has 0 fully saturated rings. The molecule has 0 amide bonds. The van der Waals surface area contributed by atoms with Gasteiger partial charge in [-0.3, -0.25) is 14.9 Å². The van der Waals surface area contributed by atoms with Crippen molar-refractivity contribution in [2.24, 2.45) is 5.10 Å². The predicted octanol–water partition coefficient (Wildman–Crippen LogP) is 1.94. The Morgan fingerprint density at radius 3 is 3.21 bits per heavy atom. The molecular weight excluding hydrogens is 308 g/mol. The molecule has 24 heavy (non-hydrogen) atoms. The first-order valence-corrected chi connectivity index (χ1v) is 7.70. The molecule has 0 unspecified atom stereocenters. The number of aryl methyl sites for hydroxylation is 1. The molecule has 1 aliphatic rings. The number of hydrogen-bond acceptors (Lipinski definition) is 6. The Morgan fingerprint density at radius 1 is 1.38 bits per heavy atom.